The van der Waals surface area contributed by atoms with Crippen LogP contribution in [0.25, 0.3) is 5.69 Å². The molecule has 100 valence electrons. The molecule has 0 bridgehead atoms. The summed E-state index contributed by atoms with van der Waals surface area (Å²) in [5.74, 6) is 0. The summed E-state index contributed by atoms with van der Waals surface area (Å²) in [6, 6.07) is 4.51. The van der Waals surface area contributed by atoms with Gasteiger partial charge >= 0.3 is 0 Å². The second-order valence-corrected chi connectivity index (χ2v) is 4.51. The molecule has 0 saturated heterocycles. The number of aryl methyl sites for hydroxylation is 1. The second-order valence-electron chi connectivity index (χ2n) is 4.13. The van der Waals surface area contributed by atoms with E-state index in [-0.39, 0.29) is 12.3 Å². The van der Waals surface area contributed by atoms with Gasteiger partial charge in [0.2, 0.25) is 0 Å². The number of hydrogen-bond donors (Lipinski definition) is 1. The Labute approximate surface area is 114 Å². The SMILES string of the molecule is Cc1nn(-c2ccc(CO)cc2[N+](=O)[O-])c(C)c1Cl. The Bertz CT molecular complexity index is 652. The van der Waals surface area contributed by atoms with Crippen LogP contribution in [0.1, 0.15) is 17.0 Å². The van der Waals surface area contributed by atoms with Gasteiger partial charge in [-0.15, -0.1) is 0 Å². The summed E-state index contributed by atoms with van der Waals surface area (Å²) in [6.07, 6.45) is 0. The molecule has 19 heavy (non-hydrogen) atoms. The topological polar surface area (TPSA) is 81.2 Å². The van der Waals surface area contributed by atoms with Crippen LogP contribution in [0.5, 0.6) is 0 Å². The average Bonchev–Trinajstić information content (AvgIpc) is 2.65. The number of aliphatic hydroxyl groups is 1. The van der Waals surface area contributed by atoms with Gasteiger partial charge in [0.1, 0.15) is 5.69 Å². The van der Waals surface area contributed by atoms with E-state index in [2.05, 4.69) is 5.10 Å². The van der Waals surface area contributed by atoms with E-state index in [0.29, 0.717) is 27.7 Å². The third-order valence-electron chi connectivity index (χ3n) is 2.85. The van der Waals surface area contributed by atoms with Gasteiger partial charge in [-0.1, -0.05) is 17.7 Å². The molecule has 0 unspecified atom stereocenters. The van der Waals surface area contributed by atoms with E-state index in [4.69, 9.17) is 16.7 Å². The molecule has 6 nitrogen and oxygen atoms in total. The highest BCUT2D eigenvalue weighted by molar-refractivity contribution is 6.31. The minimum atomic E-state index is -0.501. The van der Waals surface area contributed by atoms with Gasteiger partial charge in [-0.25, -0.2) is 4.68 Å². The summed E-state index contributed by atoms with van der Waals surface area (Å²) in [6.45, 7) is 3.23. The molecule has 1 aromatic heterocycles. The number of halogens is 1. The third kappa shape index (κ3) is 2.32. The molecule has 0 atom stereocenters. The van der Waals surface area contributed by atoms with E-state index in [0.717, 1.165) is 0 Å². The fraction of sp³-hybridized carbons (Fsp3) is 0.250. The molecule has 2 rings (SSSR count). The van der Waals surface area contributed by atoms with E-state index < -0.39 is 4.92 Å². The van der Waals surface area contributed by atoms with Gasteiger partial charge in [-0.2, -0.15) is 5.10 Å². The third-order valence-corrected chi connectivity index (χ3v) is 3.40. The van der Waals surface area contributed by atoms with Crippen molar-refractivity contribution >= 4 is 17.3 Å². The zero-order chi connectivity index (χ0) is 14.2. The van der Waals surface area contributed by atoms with Crippen LogP contribution in [0, 0.1) is 24.0 Å². The van der Waals surface area contributed by atoms with Crippen LogP contribution in [0.15, 0.2) is 18.2 Å². The largest absolute Gasteiger partial charge is 0.392 e. The Balaban J connectivity index is 2.67. The Kier molecular flexibility index (Phi) is 3.55. The standard InChI is InChI=1S/C12H12ClN3O3/c1-7-12(13)8(2)15(14-7)10-4-3-9(6-17)5-11(10)16(18)19/h3-5,17H,6H2,1-2H3. The highest BCUT2D eigenvalue weighted by atomic mass is 35.5. The first-order valence-corrected chi connectivity index (χ1v) is 5.93. The van der Waals surface area contributed by atoms with Crippen molar-refractivity contribution in [3.8, 4) is 5.69 Å². The van der Waals surface area contributed by atoms with Gasteiger partial charge in [0.25, 0.3) is 5.69 Å². The maximum absolute atomic E-state index is 11.1. The van der Waals surface area contributed by atoms with Crippen LogP contribution in [-0.2, 0) is 6.61 Å². The summed E-state index contributed by atoms with van der Waals surface area (Å²) in [5.41, 5.74) is 1.94. The Hall–Kier alpha value is -1.92. The van der Waals surface area contributed by atoms with Crippen molar-refractivity contribution in [2.24, 2.45) is 0 Å². The van der Waals surface area contributed by atoms with Crippen molar-refractivity contribution in [2.45, 2.75) is 20.5 Å². The van der Waals surface area contributed by atoms with Crippen LogP contribution in [0.2, 0.25) is 5.02 Å². The van der Waals surface area contributed by atoms with Crippen molar-refractivity contribution in [3.05, 3.63) is 50.3 Å². The average molecular weight is 282 g/mol. The molecule has 0 amide bonds. The lowest BCUT2D eigenvalue weighted by Crippen LogP contribution is -2.04. The predicted molar refractivity (Wildman–Crippen MR) is 70.6 cm³/mol. The lowest BCUT2D eigenvalue weighted by molar-refractivity contribution is -0.384. The van der Waals surface area contributed by atoms with E-state index in [1.165, 1.54) is 10.7 Å². The zero-order valence-corrected chi connectivity index (χ0v) is 11.2. The maximum atomic E-state index is 11.1. The minimum Gasteiger partial charge on any atom is -0.392 e. The lowest BCUT2D eigenvalue weighted by atomic mass is 10.2. The molecule has 0 spiro atoms. The van der Waals surface area contributed by atoms with Crippen LogP contribution in [0.3, 0.4) is 0 Å². The lowest BCUT2D eigenvalue weighted by Gasteiger charge is -2.06. The highest BCUT2D eigenvalue weighted by Crippen LogP contribution is 2.28. The molecule has 1 N–H and O–H groups in total. The van der Waals surface area contributed by atoms with Crippen LogP contribution < -0.4 is 0 Å². The predicted octanol–water partition coefficient (Wildman–Crippen LogP) is 2.54. The molecule has 1 aromatic carbocycles. The molecule has 0 radical (unpaired) electrons. The summed E-state index contributed by atoms with van der Waals surface area (Å²) < 4.78 is 1.44. The Morgan fingerprint density at radius 3 is 2.63 bits per heavy atom. The quantitative estimate of drug-likeness (QED) is 0.692. The molecule has 0 fully saturated rings. The van der Waals surface area contributed by atoms with E-state index in [1.54, 1.807) is 26.0 Å². The molecular weight excluding hydrogens is 270 g/mol. The van der Waals surface area contributed by atoms with Gasteiger partial charge in [-0.3, -0.25) is 10.1 Å². The molecule has 0 aliphatic heterocycles. The first-order valence-electron chi connectivity index (χ1n) is 5.56. The maximum Gasteiger partial charge on any atom is 0.295 e. The van der Waals surface area contributed by atoms with Crippen molar-refractivity contribution < 1.29 is 10.0 Å². The summed E-state index contributed by atoms with van der Waals surface area (Å²) in [5, 5.41) is 24.8. The number of rotatable bonds is 3. The number of nitrogens with zero attached hydrogens (tertiary/aromatic N) is 3. The van der Waals surface area contributed by atoms with E-state index in [1.807, 2.05) is 0 Å². The van der Waals surface area contributed by atoms with Gasteiger partial charge in [0.15, 0.2) is 0 Å². The zero-order valence-electron chi connectivity index (χ0n) is 10.4. The van der Waals surface area contributed by atoms with Crippen molar-refractivity contribution in [2.75, 3.05) is 0 Å². The van der Waals surface area contributed by atoms with E-state index >= 15 is 0 Å². The van der Waals surface area contributed by atoms with Crippen LogP contribution >= 0.6 is 11.6 Å². The van der Waals surface area contributed by atoms with Crippen LogP contribution in [0.4, 0.5) is 5.69 Å². The molecule has 0 aliphatic carbocycles. The van der Waals surface area contributed by atoms with Gasteiger partial charge in [-0.05, 0) is 25.5 Å². The Morgan fingerprint density at radius 2 is 2.16 bits per heavy atom. The minimum absolute atomic E-state index is 0.117. The van der Waals surface area contributed by atoms with Crippen molar-refractivity contribution in [1.82, 2.24) is 9.78 Å². The van der Waals surface area contributed by atoms with E-state index in [9.17, 15) is 10.1 Å². The molecule has 0 saturated carbocycles. The number of aromatic nitrogens is 2. The fourth-order valence-electron chi connectivity index (χ4n) is 1.85. The first-order chi connectivity index (χ1) is 8.95. The summed E-state index contributed by atoms with van der Waals surface area (Å²) in [4.78, 5) is 10.6. The second kappa shape index (κ2) is 4.99. The number of aliphatic hydroxyl groups excluding tert-OH is 1. The normalized spacial score (nSPS) is 10.7. The number of nitro groups is 1. The molecule has 2 aromatic rings. The molecular formula is C12H12ClN3O3. The van der Waals surface area contributed by atoms with Crippen molar-refractivity contribution in [3.63, 3.8) is 0 Å². The Morgan fingerprint density at radius 1 is 1.47 bits per heavy atom. The van der Waals surface area contributed by atoms with Gasteiger partial charge in [0.05, 0.1) is 27.9 Å². The molecule has 0 aliphatic rings. The number of hydrogen-bond acceptors (Lipinski definition) is 4. The van der Waals surface area contributed by atoms with Crippen LogP contribution in [-0.4, -0.2) is 19.8 Å². The van der Waals surface area contributed by atoms with Crippen molar-refractivity contribution in [1.29, 1.82) is 0 Å². The summed E-state index contributed by atoms with van der Waals surface area (Å²) >= 11 is 6.05. The number of nitro benzene ring substituents is 1. The smallest absolute Gasteiger partial charge is 0.295 e. The summed E-state index contributed by atoms with van der Waals surface area (Å²) in [7, 11) is 0. The number of benzene rings is 1. The first kappa shape index (κ1) is 13.5. The van der Waals surface area contributed by atoms with Gasteiger partial charge < -0.3 is 5.11 Å². The van der Waals surface area contributed by atoms with Gasteiger partial charge in [0, 0.05) is 6.07 Å². The molecule has 1 heterocycles. The monoisotopic (exact) mass is 281 g/mol. The fourth-order valence-corrected chi connectivity index (χ4v) is 1.97. The molecule has 7 heteroatoms. The highest BCUT2D eigenvalue weighted by Gasteiger charge is 2.20.